The molecule has 1 N–H and O–H groups in total. The number of rotatable bonds is 8. The van der Waals surface area contributed by atoms with E-state index in [1.165, 1.54) is 18.9 Å². The van der Waals surface area contributed by atoms with Gasteiger partial charge >= 0.3 is 5.97 Å². The molecule has 0 aliphatic heterocycles. The summed E-state index contributed by atoms with van der Waals surface area (Å²) >= 11 is 4.76. The average Bonchev–Trinajstić information content (AvgIpc) is 2.64. The zero-order valence-corrected chi connectivity index (χ0v) is 18.1. The highest BCUT2D eigenvalue weighted by Gasteiger charge is 2.26. The number of pyridine rings is 1. The average molecular weight is 455 g/mol. The number of nitrogens with zero attached hydrogens (tertiary/aromatic N) is 1. The monoisotopic (exact) mass is 454 g/mol. The van der Waals surface area contributed by atoms with E-state index >= 15 is 0 Å². The number of nitrogens with one attached hydrogen (secondary N) is 1. The molecule has 1 atom stereocenters. The molecule has 6 nitrogen and oxygen atoms in total. The molecule has 0 aliphatic carbocycles. The Balaban J connectivity index is 2.28. The first-order valence-corrected chi connectivity index (χ1v) is 10.0. The van der Waals surface area contributed by atoms with E-state index in [4.69, 9.17) is 9.47 Å². The Labute approximate surface area is 172 Å². The van der Waals surface area contributed by atoms with E-state index in [2.05, 4.69) is 21.2 Å². The van der Waals surface area contributed by atoms with Crippen molar-refractivity contribution in [1.29, 1.82) is 0 Å². The minimum Gasteiger partial charge on any atom is -0.710 e. The molecule has 1 aromatic heterocycles. The number of carbonyl (C=O) groups excluding carboxylic acids is 1. The second kappa shape index (κ2) is 9.85. The molecule has 1 aromatic carbocycles. The highest BCUT2D eigenvalue weighted by atomic mass is 79.9. The van der Waals surface area contributed by atoms with Gasteiger partial charge in [-0.1, -0.05) is 29.8 Å². The Hall–Kier alpha value is -1.93. The number of benzene rings is 1. The van der Waals surface area contributed by atoms with Crippen molar-refractivity contribution in [2.24, 2.45) is 5.92 Å². The van der Waals surface area contributed by atoms with E-state index in [1.807, 2.05) is 38.1 Å². The third-order valence-corrected chi connectivity index (χ3v) is 5.21. The van der Waals surface area contributed by atoms with Crippen molar-refractivity contribution in [2.45, 2.75) is 36.2 Å². The molecule has 2 aromatic rings. The smallest absolute Gasteiger partial charge is 0.350 e. The molecule has 0 amide bonds. The third kappa shape index (κ3) is 6.04. The summed E-state index contributed by atoms with van der Waals surface area (Å²) in [7, 11) is 2.95. The molecule has 27 heavy (non-hydrogen) atoms. The molecule has 8 heteroatoms. The number of halogens is 1. The number of anilines is 1. The molecule has 0 saturated carbocycles. The quantitative estimate of drug-likeness (QED) is 0.365. The second-order valence-electron chi connectivity index (χ2n) is 6.32. The lowest BCUT2D eigenvalue weighted by molar-refractivity contribution is -0.631. The molecule has 0 radical (unpaired) electrons. The normalized spacial score (nSPS) is 11.9. The summed E-state index contributed by atoms with van der Waals surface area (Å²) in [4.78, 5) is 13.0. The van der Waals surface area contributed by atoms with E-state index in [1.54, 1.807) is 19.2 Å². The highest BCUT2D eigenvalue weighted by molar-refractivity contribution is 9.10. The number of hydrogen-bond donors (Lipinski definition) is 1. The summed E-state index contributed by atoms with van der Waals surface area (Å²) in [5, 5.41) is 16.3. The molecule has 1 heterocycles. The summed E-state index contributed by atoms with van der Waals surface area (Å²) in [6.45, 7) is 4.02. The number of aromatic nitrogens is 1. The van der Waals surface area contributed by atoms with Crippen molar-refractivity contribution in [3.63, 3.8) is 0 Å². The van der Waals surface area contributed by atoms with Gasteiger partial charge in [-0.15, -0.1) is 0 Å². The number of ether oxygens (including phenoxy) is 2. The molecular weight excluding hydrogens is 432 g/mol. The summed E-state index contributed by atoms with van der Waals surface area (Å²) in [5.41, 5.74) is 0. The van der Waals surface area contributed by atoms with Crippen LogP contribution in [0.4, 0.5) is 5.82 Å². The first kappa shape index (κ1) is 21.4. The van der Waals surface area contributed by atoms with Gasteiger partial charge in [-0.05, 0) is 41.9 Å². The zero-order chi connectivity index (χ0) is 20.0. The van der Waals surface area contributed by atoms with Crippen molar-refractivity contribution >= 4 is 39.5 Å². The van der Waals surface area contributed by atoms with E-state index in [9.17, 15) is 10.0 Å². The van der Waals surface area contributed by atoms with Crippen LogP contribution in [0.3, 0.4) is 0 Å². The minimum atomic E-state index is -0.594. The van der Waals surface area contributed by atoms with Crippen LogP contribution in [-0.4, -0.2) is 26.2 Å². The lowest BCUT2D eigenvalue weighted by Gasteiger charge is -2.19. The van der Waals surface area contributed by atoms with Crippen LogP contribution in [0.15, 0.2) is 50.8 Å². The van der Waals surface area contributed by atoms with Gasteiger partial charge in [0, 0.05) is 27.9 Å². The van der Waals surface area contributed by atoms with E-state index in [0.29, 0.717) is 11.4 Å². The fourth-order valence-corrected chi connectivity index (χ4v) is 3.93. The molecule has 0 fully saturated rings. The van der Waals surface area contributed by atoms with Gasteiger partial charge in [0.15, 0.2) is 11.1 Å². The van der Waals surface area contributed by atoms with Gasteiger partial charge in [-0.25, -0.2) is 9.52 Å². The van der Waals surface area contributed by atoms with Crippen LogP contribution in [0.5, 0.6) is 5.75 Å². The van der Waals surface area contributed by atoms with Gasteiger partial charge in [0.05, 0.1) is 14.2 Å². The fraction of sp³-hybridized carbons (Fsp3) is 0.368. The summed E-state index contributed by atoms with van der Waals surface area (Å²) in [5.74, 6) is 0.909. The number of esters is 1. The zero-order valence-electron chi connectivity index (χ0n) is 15.7. The Bertz CT molecular complexity index is 784. The summed E-state index contributed by atoms with van der Waals surface area (Å²) in [6, 6.07) is 10.2. The number of hydrogen-bond acceptors (Lipinski definition) is 6. The van der Waals surface area contributed by atoms with Crippen LogP contribution in [0, 0.1) is 11.1 Å². The Morgan fingerprint density at radius 3 is 2.48 bits per heavy atom. The number of methoxy groups -OCH3 is 2. The van der Waals surface area contributed by atoms with E-state index in [-0.39, 0.29) is 11.7 Å². The van der Waals surface area contributed by atoms with Crippen LogP contribution >= 0.6 is 27.7 Å². The molecule has 0 saturated heterocycles. The van der Waals surface area contributed by atoms with Crippen LogP contribution in [-0.2, 0) is 9.53 Å². The van der Waals surface area contributed by atoms with Gasteiger partial charge in [-0.2, -0.15) is 0 Å². The second-order valence-corrected chi connectivity index (χ2v) is 8.33. The van der Waals surface area contributed by atoms with Gasteiger partial charge in [0.1, 0.15) is 5.75 Å². The maximum atomic E-state index is 12.8. The molecule has 0 unspecified atom stereocenters. The van der Waals surface area contributed by atoms with Crippen LogP contribution in [0.2, 0.25) is 0 Å². The largest absolute Gasteiger partial charge is 0.710 e. The topological polar surface area (TPSA) is 74.5 Å². The van der Waals surface area contributed by atoms with Crippen molar-refractivity contribution in [2.75, 3.05) is 19.5 Å². The van der Waals surface area contributed by atoms with E-state index in [0.717, 1.165) is 19.8 Å². The van der Waals surface area contributed by atoms with Crippen molar-refractivity contribution in [3.8, 4) is 5.75 Å². The van der Waals surface area contributed by atoms with Crippen molar-refractivity contribution < 1.29 is 19.0 Å². The first-order chi connectivity index (χ1) is 12.8. The fourth-order valence-electron chi connectivity index (χ4n) is 2.47. The van der Waals surface area contributed by atoms with Crippen LogP contribution in [0.1, 0.15) is 20.3 Å². The predicted molar refractivity (Wildman–Crippen MR) is 109 cm³/mol. The van der Waals surface area contributed by atoms with Gasteiger partial charge in [-0.3, -0.25) is 5.32 Å². The molecule has 2 rings (SSSR count). The lowest BCUT2D eigenvalue weighted by atomic mass is 10.0. The predicted octanol–water partition coefficient (Wildman–Crippen LogP) is 4.24. The Morgan fingerprint density at radius 2 is 1.93 bits per heavy atom. The summed E-state index contributed by atoms with van der Waals surface area (Å²) in [6.07, 6.45) is 0.556. The third-order valence-electron chi connectivity index (χ3n) is 3.75. The SMILES string of the molecule is COC(=O)[C@H](CC(C)C)Nc1cc(Br)cc(Sc2ccc(OC)cc2)[n+]1[O-]. The number of carbonyl (C=O) groups is 1. The van der Waals surface area contributed by atoms with Gasteiger partial charge in [0.2, 0.25) is 0 Å². The van der Waals surface area contributed by atoms with Crippen LogP contribution < -0.4 is 14.8 Å². The molecule has 0 aliphatic rings. The lowest BCUT2D eigenvalue weighted by Crippen LogP contribution is -2.40. The minimum absolute atomic E-state index is 0.266. The maximum absolute atomic E-state index is 12.8. The highest BCUT2D eigenvalue weighted by Crippen LogP contribution is 2.30. The van der Waals surface area contributed by atoms with Crippen LogP contribution in [0.25, 0.3) is 0 Å². The van der Waals surface area contributed by atoms with Gasteiger partial charge in [0.25, 0.3) is 5.82 Å². The molecule has 0 bridgehead atoms. The molecule has 146 valence electrons. The maximum Gasteiger partial charge on any atom is 0.350 e. The Kier molecular flexibility index (Phi) is 7.79. The first-order valence-electron chi connectivity index (χ1n) is 8.43. The molecular formula is C19H23BrN2O4S. The van der Waals surface area contributed by atoms with Crippen molar-refractivity contribution in [3.05, 3.63) is 46.1 Å². The van der Waals surface area contributed by atoms with Gasteiger partial charge < -0.3 is 14.7 Å². The Morgan fingerprint density at radius 1 is 1.26 bits per heavy atom. The van der Waals surface area contributed by atoms with E-state index < -0.39 is 12.0 Å². The summed E-state index contributed by atoms with van der Waals surface area (Å²) < 4.78 is 11.5. The standard InChI is InChI=1S/C19H23BrN2O4S/c1-12(2)9-16(19(23)26-4)21-17-10-13(20)11-18(22(17)24)27-15-7-5-14(25-3)6-8-15/h5-8,10-12,16,21H,9H2,1-4H3/t16-/m0/s1. The van der Waals surface area contributed by atoms with Crippen molar-refractivity contribution in [1.82, 2.24) is 0 Å². The molecule has 0 spiro atoms.